The molecule has 0 spiro atoms. The molecule has 1 aliphatic carbocycles. The number of imidazole rings is 1. The molecule has 1 saturated heterocycles. The highest BCUT2D eigenvalue weighted by Crippen LogP contribution is 2.42. The summed E-state index contributed by atoms with van der Waals surface area (Å²) in [5, 5.41) is 22.6. The summed E-state index contributed by atoms with van der Waals surface area (Å²) in [6.45, 7) is -0.580. The Balaban J connectivity index is 1.81. The zero-order valence-electron chi connectivity index (χ0n) is 13.1. The number of anilines is 2. The van der Waals surface area contributed by atoms with Crippen LogP contribution in [0.1, 0.15) is 19.1 Å². The van der Waals surface area contributed by atoms with Crippen LogP contribution >= 0.6 is 0 Å². The van der Waals surface area contributed by atoms with Gasteiger partial charge in [-0.15, -0.1) is 6.42 Å². The fourth-order valence-electron chi connectivity index (χ4n) is 2.95. The summed E-state index contributed by atoms with van der Waals surface area (Å²) in [4.78, 5) is 12.5. The molecule has 1 unspecified atom stereocenters. The zero-order valence-corrected chi connectivity index (χ0v) is 13.1. The van der Waals surface area contributed by atoms with Crippen LogP contribution in [0, 0.1) is 12.3 Å². The van der Waals surface area contributed by atoms with Crippen molar-refractivity contribution in [2.75, 3.05) is 17.7 Å². The highest BCUT2D eigenvalue weighted by molar-refractivity contribution is 5.84. The van der Waals surface area contributed by atoms with Crippen molar-refractivity contribution in [3.63, 3.8) is 0 Å². The largest absolute Gasteiger partial charge is 0.394 e. The standard InChI is InChI=1S/C15H17FN6O3/c1-2-15(16)10(24)8(5-23)25-13(15)22-6-18-9-11(19-7-3-4-7)20-14(17)21-12(9)22/h1,6-8,10,13,23-24H,3-5H2,(H3,17,19,20,21)/t8-,10?,13-,15-/m1/s1. The normalized spacial score (nSPS) is 32.0. The second-order valence-corrected chi connectivity index (χ2v) is 6.24. The smallest absolute Gasteiger partial charge is 0.243 e. The predicted molar refractivity (Wildman–Crippen MR) is 86.1 cm³/mol. The molecule has 1 aliphatic heterocycles. The molecular weight excluding hydrogens is 331 g/mol. The Bertz CT molecular complexity index is 863. The van der Waals surface area contributed by atoms with E-state index in [1.165, 1.54) is 10.9 Å². The number of nitrogens with one attached hydrogen (secondary N) is 1. The molecule has 3 heterocycles. The number of halogens is 1. The second-order valence-electron chi connectivity index (χ2n) is 6.24. The molecular formula is C15H17FN6O3. The third kappa shape index (κ3) is 2.39. The van der Waals surface area contributed by atoms with Crippen LogP contribution < -0.4 is 11.1 Å². The van der Waals surface area contributed by atoms with Gasteiger partial charge in [-0.05, 0) is 12.8 Å². The molecule has 0 bridgehead atoms. The van der Waals surface area contributed by atoms with Crippen LogP contribution in [0.2, 0.25) is 0 Å². The van der Waals surface area contributed by atoms with E-state index in [1.54, 1.807) is 0 Å². The number of rotatable bonds is 4. The predicted octanol–water partition coefficient (Wildman–Crippen LogP) is -0.425. The van der Waals surface area contributed by atoms with Crippen molar-refractivity contribution in [1.29, 1.82) is 0 Å². The molecule has 1 saturated carbocycles. The van der Waals surface area contributed by atoms with Gasteiger partial charge in [0.15, 0.2) is 23.2 Å². The van der Waals surface area contributed by atoms with Gasteiger partial charge in [0.25, 0.3) is 0 Å². The van der Waals surface area contributed by atoms with Crippen molar-refractivity contribution >= 4 is 22.9 Å². The molecule has 4 atom stereocenters. The molecule has 9 nitrogen and oxygen atoms in total. The Morgan fingerprint density at radius 3 is 2.92 bits per heavy atom. The van der Waals surface area contributed by atoms with E-state index in [-0.39, 0.29) is 11.6 Å². The van der Waals surface area contributed by atoms with Gasteiger partial charge < -0.3 is 26.0 Å². The first kappa shape index (κ1) is 16.0. The zero-order chi connectivity index (χ0) is 17.8. The molecule has 4 rings (SSSR count). The Hall–Kier alpha value is -2.48. The number of aromatic nitrogens is 4. The second kappa shape index (κ2) is 5.52. The lowest BCUT2D eigenvalue weighted by Gasteiger charge is -2.23. The van der Waals surface area contributed by atoms with Gasteiger partial charge in [-0.2, -0.15) is 9.97 Å². The third-order valence-electron chi connectivity index (χ3n) is 4.46. The molecule has 5 N–H and O–H groups in total. The minimum atomic E-state index is -2.55. The molecule has 132 valence electrons. The van der Waals surface area contributed by atoms with Gasteiger partial charge in [0.05, 0.1) is 12.9 Å². The average molecular weight is 348 g/mol. The van der Waals surface area contributed by atoms with Gasteiger partial charge in [-0.3, -0.25) is 4.57 Å². The van der Waals surface area contributed by atoms with Crippen LogP contribution in [-0.4, -0.2) is 60.3 Å². The van der Waals surface area contributed by atoms with E-state index in [4.69, 9.17) is 16.9 Å². The first-order chi connectivity index (χ1) is 12.0. The highest BCUT2D eigenvalue weighted by atomic mass is 19.1. The average Bonchev–Trinajstić information content (AvgIpc) is 3.26. The van der Waals surface area contributed by atoms with E-state index < -0.39 is 30.7 Å². The summed E-state index contributed by atoms with van der Waals surface area (Å²) in [5.74, 6) is 2.37. The lowest BCUT2D eigenvalue weighted by atomic mass is 9.97. The van der Waals surface area contributed by atoms with Gasteiger partial charge in [0.1, 0.15) is 12.2 Å². The molecule has 25 heavy (non-hydrogen) atoms. The first-order valence-corrected chi connectivity index (χ1v) is 7.85. The van der Waals surface area contributed by atoms with Gasteiger partial charge in [0, 0.05) is 6.04 Å². The van der Waals surface area contributed by atoms with Crippen molar-refractivity contribution in [2.45, 2.75) is 43.0 Å². The van der Waals surface area contributed by atoms with Crippen LogP contribution in [0.25, 0.3) is 11.2 Å². The first-order valence-electron chi connectivity index (χ1n) is 7.85. The highest BCUT2D eigenvalue weighted by Gasteiger charge is 2.57. The summed E-state index contributed by atoms with van der Waals surface area (Å²) < 4.78 is 21.9. The minimum Gasteiger partial charge on any atom is -0.394 e. The number of hydrogen-bond acceptors (Lipinski definition) is 8. The van der Waals surface area contributed by atoms with Crippen molar-refractivity contribution in [2.24, 2.45) is 0 Å². The topological polar surface area (TPSA) is 131 Å². The van der Waals surface area contributed by atoms with Gasteiger partial charge in [-0.1, -0.05) is 5.92 Å². The van der Waals surface area contributed by atoms with Crippen molar-refractivity contribution in [3.8, 4) is 12.3 Å². The van der Waals surface area contributed by atoms with E-state index in [0.29, 0.717) is 17.4 Å². The number of nitrogen functional groups attached to an aromatic ring is 1. The lowest BCUT2D eigenvalue weighted by Crippen LogP contribution is -2.42. The van der Waals surface area contributed by atoms with Crippen LogP contribution in [0.3, 0.4) is 0 Å². The van der Waals surface area contributed by atoms with Crippen molar-refractivity contribution < 1.29 is 19.3 Å². The molecule has 2 aromatic heterocycles. The van der Waals surface area contributed by atoms with Crippen LogP contribution in [0.4, 0.5) is 16.2 Å². The number of aliphatic hydroxyl groups excluding tert-OH is 2. The summed E-state index contributed by atoms with van der Waals surface area (Å²) in [5.41, 5.74) is 3.83. The van der Waals surface area contributed by atoms with Gasteiger partial charge in [-0.25, -0.2) is 9.37 Å². The fraction of sp³-hybridized carbons (Fsp3) is 0.533. The summed E-state index contributed by atoms with van der Waals surface area (Å²) in [7, 11) is 0. The maximum Gasteiger partial charge on any atom is 0.243 e. The van der Waals surface area contributed by atoms with E-state index in [0.717, 1.165) is 12.8 Å². The van der Waals surface area contributed by atoms with E-state index >= 15 is 4.39 Å². The van der Waals surface area contributed by atoms with Crippen molar-refractivity contribution in [1.82, 2.24) is 19.5 Å². The maximum absolute atomic E-state index is 15.2. The van der Waals surface area contributed by atoms with E-state index in [9.17, 15) is 10.2 Å². The fourth-order valence-corrected chi connectivity index (χ4v) is 2.95. The van der Waals surface area contributed by atoms with E-state index in [1.807, 2.05) is 5.92 Å². The monoisotopic (exact) mass is 348 g/mol. The number of hydrogen-bond donors (Lipinski definition) is 4. The number of terminal acetylenes is 1. The Kier molecular flexibility index (Phi) is 3.54. The summed E-state index contributed by atoms with van der Waals surface area (Å²) >= 11 is 0. The number of alkyl halides is 1. The number of ether oxygens (including phenoxy) is 1. The third-order valence-corrected chi connectivity index (χ3v) is 4.46. The number of aliphatic hydroxyl groups is 2. The lowest BCUT2D eigenvalue weighted by molar-refractivity contribution is -0.0504. The Labute approximate surface area is 142 Å². The van der Waals surface area contributed by atoms with Crippen LogP contribution in [0.15, 0.2) is 6.33 Å². The number of nitrogens with two attached hydrogens (primary N) is 1. The Morgan fingerprint density at radius 1 is 1.52 bits per heavy atom. The van der Waals surface area contributed by atoms with Crippen molar-refractivity contribution in [3.05, 3.63) is 6.33 Å². The van der Waals surface area contributed by atoms with Crippen LogP contribution in [-0.2, 0) is 4.74 Å². The Morgan fingerprint density at radius 2 is 2.28 bits per heavy atom. The number of fused-ring (bicyclic) bond motifs is 1. The van der Waals surface area contributed by atoms with E-state index in [2.05, 4.69) is 20.3 Å². The van der Waals surface area contributed by atoms with Gasteiger partial charge in [0.2, 0.25) is 11.6 Å². The number of nitrogens with zero attached hydrogens (tertiary/aromatic N) is 4. The minimum absolute atomic E-state index is 0.0141. The molecule has 0 amide bonds. The summed E-state index contributed by atoms with van der Waals surface area (Å²) in [6, 6.07) is 0.303. The quantitative estimate of drug-likeness (QED) is 0.548. The summed E-state index contributed by atoms with van der Waals surface area (Å²) in [6.07, 6.45) is 4.39. The molecule has 0 aromatic carbocycles. The molecule has 10 heteroatoms. The molecule has 2 aromatic rings. The SMILES string of the molecule is C#C[C@@]1(F)C(O)[C@@H](CO)O[C@H]1n1cnc2c(NC3CC3)nc(N)nc21. The maximum atomic E-state index is 15.2. The van der Waals surface area contributed by atoms with Gasteiger partial charge >= 0.3 is 0 Å². The van der Waals surface area contributed by atoms with Crippen LogP contribution in [0.5, 0.6) is 0 Å². The molecule has 2 aliphatic rings. The molecule has 0 radical (unpaired) electrons. The molecule has 2 fully saturated rings.